The van der Waals surface area contributed by atoms with Crippen molar-refractivity contribution in [1.82, 2.24) is 9.80 Å². The molecule has 2 aliphatic heterocycles. The molecule has 0 aliphatic carbocycles. The Kier molecular flexibility index (Phi) is 4.83. The van der Waals surface area contributed by atoms with Crippen LogP contribution < -0.4 is 0 Å². The molecular weight excluding hydrogens is 328 g/mol. The average molecular weight is 352 g/mol. The summed E-state index contributed by atoms with van der Waals surface area (Å²) in [7, 11) is 0. The number of thiophene rings is 1. The van der Waals surface area contributed by atoms with Crippen molar-refractivity contribution in [3.05, 3.63) is 21.4 Å². The van der Waals surface area contributed by atoms with Crippen LogP contribution in [0.3, 0.4) is 0 Å². The van der Waals surface area contributed by atoms with E-state index in [0.29, 0.717) is 39.4 Å². The largest absolute Gasteiger partial charge is 0.444 e. The van der Waals surface area contributed by atoms with E-state index >= 15 is 0 Å². The van der Waals surface area contributed by atoms with E-state index in [4.69, 9.17) is 9.47 Å². The molecule has 0 aromatic carbocycles. The Hall–Kier alpha value is -1.60. The lowest BCUT2D eigenvalue weighted by Gasteiger charge is -2.29. The van der Waals surface area contributed by atoms with E-state index in [2.05, 4.69) is 0 Å². The molecule has 3 heterocycles. The highest BCUT2D eigenvalue weighted by atomic mass is 32.1. The predicted molar refractivity (Wildman–Crippen MR) is 91.4 cm³/mol. The Morgan fingerprint density at radius 2 is 1.88 bits per heavy atom. The van der Waals surface area contributed by atoms with Gasteiger partial charge in [0.25, 0.3) is 5.91 Å². The van der Waals surface area contributed by atoms with Crippen LogP contribution in [0.2, 0.25) is 0 Å². The zero-order chi connectivity index (χ0) is 17.3. The van der Waals surface area contributed by atoms with Gasteiger partial charge in [0.1, 0.15) is 5.60 Å². The van der Waals surface area contributed by atoms with Crippen molar-refractivity contribution in [1.29, 1.82) is 0 Å². The molecular formula is C17H24N2O4S. The molecule has 24 heavy (non-hydrogen) atoms. The van der Waals surface area contributed by atoms with E-state index in [1.165, 1.54) is 4.88 Å². The molecule has 0 N–H and O–H groups in total. The average Bonchev–Trinajstić information content (AvgIpc) is 2.96. The van der Waals surface area contributed by atoms with Crippen LogP contribution in [0, 0.1) is 0 Å². The Morgan fingerprint density at radius 3 is 2.54 bits per heavy atom. The van der Waals surface area contributed by atoms with Crippen LogP contribution in [-0.4, -0.2) is 60.2 Å². The van der Waals surface area contributed by atoms with Crippen molar-refractivity contribution >= 4 is 23.3 Å². The summed E-state index contributed by atoms with van der Waals surface area (Å²) < 4.78 is 10.7. The lowest BCUT2D eigenvalue weighted by molar-refractivity contribution is 0.0225. The van der Waals surface area contributed by atoms with Crippen LogP contribution >= 0.6 is 11.3 Å². The van der Waals surface area contributed by atoms with Crippen LogP contribution in [0.4, 0.5) is 4.79 Å². The van der Waals surface area contributed by atoms with E-state index in [9.17, 15) is 9.59 Å². The zero-order valence-electron chi connectivity index (χ0n) is 14.5. The molecule has 0 bridgehead atoms. The van der Waals surface area contributed by atoms with Crippen LogP contribution in [0.15, 0.2) is 6.07 Å². The third-order valence-corrected chi connectivity index (χ3v) is 5.25. The summed E-state index contributed by atoms with van der Waals surface area (Å²) in [5, 5.41) is 0. The maximum absolute atomic E-state index is 12.6. The van der Waals surface area contributed by atoms with Crippen molar-refractivity contribution in [2.45, 2.75) is 39.3 Å². The molecule has 3 rings (SSSR count). The van der Waals surface area contributed by atoms with Gasteiger partial charge in [0.15, 0.2) is 0 Å². The number of ether oxygens (including phenoxy) is 2. The Labute approximate surface area is 146 Å². The fourth-order valence-electron chi connectivity index (χ4n) is 2.84. The number of morpholine rings is 1. The summed E-state index contributed by atoms with van der Waals surface area (Å²) in [6, 6.07) is 1.94. The van der Waals surface area contributed by atoms with E-state index < -0.39 is 5.60 Å². The molecule has 1 aromatic rings. The second kappa shape index (κ2) is 6.72. The molecule has 0 radical (unpaired) electrons. The second-order valence-corrected chi connectivity index (χ2v) is 8.25. The van der Waals surface area contributed by atoms with Gasteiger partial charge in [-0.25, -0.2) is 4.79 Å². The highest BCUT2D eigenvalue weighted by Crippen LogP contribution is 2.30. The number of carbonyl (C=O) groups is 2. The summed E-state index contributed by atoms with van der Waals surface area (Å²) in [5.41, 5.74) is 0.567. The minimum atomic E-state index is -0.497. The van der Waals surface area contributed by atoms with Gasteiger partial charge in [-0.2, -0.15) is 0 Å². The van der Waals surface area contributed by atoms with Gasteiger partial charge in [-0.1, -0.05) is 0 Å². The van der Waals surface area contributed by atoms with E-state index in [1.54, 1.807) is 16.2 Å². The maximum atomic E-state index is 12.6. The van der Waals surface area contributed by atoms with E-state index in [1.807, 2.05) is 31.7 Å². The first-order valence-corrected chi connectivity index (χ1v) is 9.12. The first kappa shape index (κ1) is 17.2. The van der Waals surface area contributed by atoms with Crippen LogP contribution in [0.5, 0.6) is 0 Å². The van der Waals surface area contributed by atoms with Gasteiger partial charge >= 0.3 is 6.09 Å². The zero-order valence-corrected chi connectivity index (χ0v) is 15.3. The minimum absolute atomic E-state index is 0.0709. The van der Waals surface area contributed by atoms with Crippen molar-refractivity contribution < 1.29 is 19.1 Å². The van der Waals surface area contributed by atoms with Gasteiger partial charge in [-0.3, -0.25) is 4.79 Å². The quantitative estimate of drug-likeness (QED) is 0.779. The van der Waals surface area contributed by atoms with Crippen molar-refractivity contribution in [3.8, 4) is 0 Å². The molecule has 1 fully saturated rings. The fourth-order valence-corrected chi connectivity index (χ4v) is 3.97. The SMILES string of the molecule is CC(C)(C)OC(=O)N1CCc2sc(C(=O)N3CCOCC3)cc2C1. The fraction of sp³-hybridized carbons (Fsp3) is 0.647. The van der Waals surface area contributed by atoms with Crippen LogP contribution in [0.25, 0.3) is 0 Å². The van der Waals surface area contributed by atoms with Crippen LogP contribution in [0.1, 0.15) is 40.9 Å². The molecule has 1 aromatic heterocycles. The number of fused-ring (bicyclic) bond motifs is 1. The number of amides is 2. The smallest absolute Gasteiger partial charge is 0.410 e. The van der Waals surface area contributed by atoms with Crippen molar-refractivity contribution in [2.24, 2.45) is 0 Å². The van der Waals surface area contributed by atoms with Gasteiger partial charge in [0.2, 0.25) is 0 Å². The standard InChI is InChI=1S/C17H24N2O4S/c1-17(2,3)23-16(21)19-5-4-13-12(11-19)10-14(24-13)15(20)18-6-8-22-9-7-18/h10H,4-9,11H2,1-3H3. The third-order valence-electron chi connectivity index (χ3n) is 4.03. The van der Waals surface area contributed by atoms with Gasteiger partial charge in [0.05, 0.1) is 24.6 Å². The van der Waals surface area contributed by atoms with Crippen LogP contribution in [-0.2, 0) is 22.4 Å². The van der Waals surface area contributed by atoms with E-state index in [-0.39, 0.29) is 12.0 Å². The van der Waals surface area contributed by atoms with Gasteiger partial charge < -0.3 is 19.3 Å². The normalized spacial score (nSPS) is 18.3. The maximum Gasteiger partial charge on any atom is 0.410 e. The Balaban J connectivity index is 1.68. The van der Waals surface area contributed by atoms with Gasteiger partial charge in [-0.05, 0) is 38.8 Å². The molecule has 0 atom stereocenters. The van der Waals surface area contributed by atoms with Crippen molar-refractivity contribution in [3.63, 3.8) is 0 Å². The molecule has 6 nitrogen and oxygen atoms in total. The monoisotopic (exact) mass is 352 g/mol. The lowest BCUT2D eigenvalue weighted by Crippen LogP contribution is -2.40. The molecule has 2 amide bonds. The van der Waals surface area contributed by atoms with Gasteiger partial charge in [-0.15, -0.1) is 11.3 Å². The van der Waals surface area contributed by atoms with Gasteiger partial charge in [0, 0.05) is 24.5 Å². The first-order valence-electron chi connectivity index (χ1n) is 8.30. The highest BCUT2D eigenvalue weighted by molar-refractivity contribution is 7.14. The summed E-state index contributed by atoms with van der Waals surface area (Å²) in [6.07, 6.45) is 0.482. The molecule has 0 spiro atoms. The molecule has 0 saturated carbocycles. The molecule has 1 saturated heterocycles. The van der Waals surface area contributed by atoms with Crippen molar-refractivity contribution in [2.75, 3.05) is 32.8 Å². The number of hydrogen-bond donors (Lipinski definition) is 0. The number of carbonyl (C=O) groups excluding carboxylic acids is 2. The first-order chi connectivity index (χ1) is 11.3. The second-order valence-electron chi connectivity index (χ2n) is 7.12. The number of hydrogen-bond acceptors (Lipinski definition) is 5. The summed E-state index contributed by atoms with van der Waals surface area (Å²) in [4.78, 5) is 30.3. The molecule has 0 unspecified atom stereocenters. The topological polar surface area (TPSA) is 59.1 Å². The summed E-state index contributed by atoms with van der Waals surface area (Å²) >= 11 is 1.55. The number of nitrogens with zero attached hydrogens (tertiary/aromatic N) is 2. The molecule has 2 aliphatic rings. The third kappa shape index (κ3) is 3.89. The highest BCUT2D eigenvalue weighted by Gasteiger charge is 2.29. The lowest BCUT2D eigenvalue weighted by atomic mass is 10.1. The summed E-state index contributed by atoms with van der Waals surface area (Å²) in [5.74, 6) is 0.0709. The Bertz CT molecular complexity index is 629. The molecule has 132 valence electrons. The molecule has 7 heteroatoms. The summed E-state index contributed by atoms with van der Waals surface area (Å²) in [6.45, 7) is 9.23. The minimum Gasteiger partial charge on any atom is -0.444 e. The van der Waals surface area contributed by atoms with E-state index in [0.717, 1.165) is 16.9 Å². The predicted octanol–water partition coefficient (Wildman–Crippen LogP) is 2.51. The number of rotatable bonds is 1. The Morgan fingerprint density at radius 1 is 1.17 bits per heavy atom.